The van der Waals surface area contributed by atoms with Crippen LogP contribution in [-0.4, -0.2) is 23.1 Å². The van der Waals surface area contributed by atoms with Gasteiger partial charge in [0.05, 0.1) is 5.69 Å². The summed E-state index contributed by atoms with van der Waals surface area (Å²) in [6.45, 7) is 4.56. The van der Waals surface area contributed by atoms with Gasteiger partial charge in [0, 0.05) is 13.1 Å². The summed E-state index contributed by atoms with van der Waals surface area (Å²) in [6.07, 6.45) is 0.562. The van der Waals surface area contributed by atoms with Crippen LogP contribution in [0.15, 0.2) is 0 Å². The molecule has 0 fully saturated rings. The lowest BCUT2D eigenvalue weighted by molar-refractivity contribution is 0.594. The van der Waals surface area contributed by atoms with Crippen molar-refractivity contribution in [1.82, 2.24) is 9.97 Å². The zero-order valence-electron chi connectivity index (χ0n) is 8.47. The fourth-order valence-corrected chi connectivity index (χ4v) is 1.16. The molecule has 1 heterocycles. The maximum atomic E-state index is 13.5. The Kier molecular flexibility index (Phi) is 3.76. The van der Waals surface area contributed by atoms with Gasteiger partial charge < -0.3 is 11.1 Å². The van der Waals surface area contributed by atoms with E-state index < -0.39 is 0 Å². The molecule has 0 radical (unpaired) electrons. The van der Waals surface area contributed by atoms with E-state index in [1.54, 1.807) is 6.92 Å². The largest absolute Gasteiger partial charge is 0.366 e. The number of hydrogen-bond donors (Lipinski definition) is 2. The van der Waals surface area contributed by atoms with E-state index in [-0.39, 0.29) is 11.6 Å². The highest BCUT2D eigenvalue weighted by atomic mass is 19.1. The van der Waals surface area contributed by atoms with Crippen molar-refractivity contribution >= 4 is 5.82 Å². The molecule has 1 rings (SSSR count). The van der Waals surface area contributed by atoms with Gasteiger partial charge in [-0.3, -0.25) is 0 Å². The molecular formula is C9H15FN4. The molecular weight excluding hydrogens is 183 g/mol. The zero-order chi connectivity index (χ0) is 10.6. The molecule has 0 atom stereocenters. The Morgan fingerprint density at radius 1 is 1.43 bits per heavy atom. The van der Waals surface area contributed by atoms with Crippen molar-refractivity contribution in [3.8, 4) is 0 Å². The van der Waals surface area contributed by atoms with Gasteiger partial charge in [-0.1, -0.05) is 6.92 Å². The third-order valence-electron chi connectivity index (χ3n) is 1.80. The second-order valence-corrected chi connectivity index (χ2v) is 2.95. The number of aromatic nitrogens is 2. The Morgan fingerprint density at radius 3 is 2.71 bits per heavy atom. The average Bonchev–Trinajstić information content (AvgIpc) is 2.18. The molecule has 0 aliphatic carbocycles. The normalized spacial score (nSPS) is 10.3. The van der Waals surface area contributed by atoms with Gasteiger partial charge in [-0.2, -0.15) is 0 Å². The van der Waals surface area contributed by atoms with Gasteiger partial charge in [0.15, 0.2) is 11.6 Å². The highest BCUT2D eigenvalue weighted by Crippen LogP contribution is 2.14. The summed E-state index contributed by atoms with van der Waals surface area (Å²) in [4.78, 5) is 7.97. The van der Waals surface area contributed by atoms with Crippen LogP contribution in [0.25, 0.3) is 0 Å². The van der Waals surface area contributed by atoms with Crippen molar-refractivity contribution in [3.63, 3.8) is 0 Å². The molecule has 4 nitrogen and oxygen atoms in total. The molecule has 5 heteroatoms. The molecule has 0 aliphatic heterocycles. The van der Waals surface area contributed by atoms with Crippen LogP contribution in [0.3, 0.4) is 0 Å². The van der Waals surface area contributed by atoms with Crippen molar-refractivity contribution in [2.24, 2.45) is 5.73 Å². The monoisotopic (exact) mass is 198 g/mol. The van der Waals surface area contributed by atoms with E-state index in [1.165, 1.54) is 0 Å². The Labute approximate surface area is 82.8 Å². The Morgan fingerprint density at radius 2 is 2.14 bits per heavy atom. The van der Waals surface area contributed by atoms with Crippen LogP contribution < -0.4 is 11.1 Å². The highest BCUT2D eigenvalue weighted by molar-refractivity contribution is 5.38. The predicted octanol–water partition coefficient (Wildman–Crippen LogP) is 0.857. The maximum absolute atomic E-state index is 13.5. The van der Waals surface area contributed by atoms with E-state index in [9.17, 15) is 4.39 Å². The SMILES string of the molecule is CCc1nc(C)nc(NCCN)c1F. The molecule has 14 heavy (non-hydrogen) atoms. The Hall–Kier alpha value is -1.23. The third-order valence-corrected chi connectivity index (χ3v) is 1.80. The van der Waals surface area contributed by atoms with E-state index >= 15 is 0 Å². The molecule has 3 N–H and O–H groups in total. The van der Waals surface area contributed by atoms with Crippen molar-refractivity contribution < 1.29 is 4.39 Å². The maximum Gasteiger partial charge on any atom is 0.186 e. The topological polar surface area (TPSA) is 63.8 Å². The first-order valence-corrected chi connectivity index (χ1v) is 4.66. The molecule has 78 valence electrons. The number of rotatable bonds is 4. The standard InChI is InChI=1S/C9H15FN4/c1-3-7-8(10)9(12-5-4-11)14-6(2)13-7/h3-5,11H2,1-2H3,(H,12,13,14). The molecule has 0 amide bonds. The second-order valence-electron chi connectivity index (χ2n) is 2.95. The minimum absolute atomic E-state index is 0.250. The quantitative estimate of drug-likeness (QED) is 0.753. The fraction of sp³-hybridized carbons (Fsp3) is 0.556. The molecule has 0 unspecified atom stereocenters. The lowest BCUT2D eigenvalue weighted by Crippen LogP contribution is -2.16. The van der Waals surface area contributed by atoms with Gasteiger partial charge in [-0.15, -0.1) is 0 Å². The number of nitrogens with zero attached hydrogens (tertiary/aromatic N) is 2. The molecule has 1 aromatic heterocycles. The van der Waals surface area contributed by atoms with Gasteiger partial charge >= 0.3 is 0 Å². The van der Waals surface area contributed by atoms with Crippen molar-refractivity contribution in [2.45, 2.75) is 20.3 Å². The van der Waals surface area contributed by atoms with Crippen molar-refractivity contribution in [3.05, 3.63) is 17.3 Å². The van der Waals surface area contributed by atoms with Crippen LogP contribution in [0, 0.1) is 12.7 Å². The van der Waals surface area contributed by atoms with Gasteiger partial charge in [0.25, 0.3) is 0 Å². The summed E-state index contributed by atoms with van der Waals surface area (Å²) in [5.74, 6) is 0.453. The lowest BCUT2D eigenvalue weighted by atomic mass is 10.3. The molecule has 0 saturated heterocycles. The number of anilines is 1. The minimum Gasteiger partial charge on any atom is -0.366 e. The van der Waals surface area contributed by atoms with Crippen LogP contribution in [0.1, 0.15) is 18.4 Å². The highest BCUT2D eigenvalue weighted by Gasteiger charge is 2.10. The zero-order valence-corrected chi connectivity index (χ0v) is 8.47. The van der Waals surface area contributed by atoms with E-state index in [0.29, 0.717) is 31.0 Å². The molecule has 0 saturated carbocycles. The van der Waals surface area contributed by atoms with Crippen LogP contribution in [0.5, 0.6) is 0 Å². The van der Waals surface area contributed by atoms with Gasteiger partial charge in [-0.25, -0.2) is 14.4 Å². The first-order valence-electron chi connectivity index (χ1n) is 4.66. The number of aryl methyl sites for hydroxylation is 2. The summed E-state index contributed by atoms with van der Waals surface area (Å²) >= 11 is 0. The molecule has 0 aromatic carbocycles. The second kappa shape index (κ2) is 4.85. The summed E-state index contributed by atoms with van der Waals surface area (Å²) in [6, 6.07) is 0. The minimum atomic E-state index is -0.369. The van der Waals surface area contributed by atoms with E-state index in [1.807, 2.05) is 6.92 Å². The fourth-order valence-electron chi connectivity index (χ4n) is 1.16. The van der Waals surface area contributed by atoms with E-state index in [2.05, 4.69) is 15.3 Å². The molecule has 0 aliphatic rings. The number of nitrogens with one attached hydrogen (secondary N) is 1. The van der Waals surface area contributed by atoms with E-state index in [4.69, 9.17) is 5.73 Å². The molecule has 0 bridgehead atoms. The summed E-state index contributed by atoms with van der Waals surface area (Å²) in [5, 5.41) is 2.83. The first-order chi connectivity index (χ1) is 6.69. The lowest BCUT2D eigenvalue weighted by Gasteiger charge is -2.08. The van der Waals surface area contributed by atoms with Crippen LogP contribution >= 0.6 is 0 Å². The first kappa shape index (κ1) is 10.8. The number of nitrogens with two attached hydrogens (primary N) is 1. The van der Waals surface area contributed by atoms with Crippen molar-refractivity contribution in [2.75, 3.05) is 18.4 Å². The van der Waals surface area contributed by atoms with Gasteiger partial charge in [0.2, 0.25) is 0 Å². The summed E-state index contributed by atoms with van der Waals surface area (Å²) in [5.41, 5.74) is 5.75. The number of halogens is 1. The van der Waals surface area contributed by atoms with Gasteiger partial charge in [-0.05, 0) is 13.3 Å². The molecule has 1 aromatic rings. The van der Waals surface area contributed by atoms with Crippen molar-refractivity contribution in [1.29, 1.82) is 0 Å². The average molecular weight is 198 g/mol. The number of hydrogen-bond acceptors (Lipinski definition) is 4. The molecule has 0 spiro atoms. The Bertz CT molecular complexity index is 314. The van der Waals surface area contributed by atoms with E-state index in [0.717, 1.165) is 0 Å². The van der Waals surface area contributed by atoms with Crippen LogP contribution in [0.4, 0.5) is 10.2 Å². The van der Waals surface area contributed by atoms with Gasteiger partial charge in [0.1, 0.15) is 5.82 Å². The third kappa shape index (κ3) is 2.38. The predicted molar refractivity (Wildman–Crippen MR) is 53.6 cm³/mol. The van der Waals surface area contributed by atoms with Crippen LogP contribution in [-0.2, 0) is 6.42 Å². The summed E-state index contributed by atoms with van der Waals surface area (Å²) < 4.78 is 13.5. The van der Waals surface area contributed by atoms with Crippen LogP contribution in [0.2, 0.25) is 0 Å². The summed E-state index contributed by atoms with van der Waals surface area (Å²) in [7, 11) is 0. The smallest absolute Gasteiger partial charge is 0.186 e. The Balaban J connectivity index is 2.96.